The van der Waals surface area contributed by atoms with Gasteiger partial charge in [0, 0.05) is 12.8 Å². The minimum absolute atomic E-state index is 0.0183. The van der Waals surface area contributed by atoms with Crippen LogP contribution in [-0.2, 0) is 14.3 Å². The molecule has 3 N–H and O–H groups in total. The van der Waals surface area contributed by atoms with Gasteiger partial charge in [-0.15, -0.1) is 0 Å². The quantitative estimate of drug-likeness (QED) is 0.0321. The molecular formula is C63H119NO5. The Labute approximate surface area is 430 Å². The molecule has 6 nitrogen and oxygen atoms in total. The monoisotopic (exact) mass is 970 g/mol. The fourth-order valence-electron chi connectivity index (χ4n) is 9.44. The standard InChI is InChI=1S/C63H119NO5/c1-3-5-7-9-11-13-15-17-18-19-20-21-22-23-24-25-26-27-28-32-35-39-43-47-51-55-61(66)60(59-65)64-62(67)56-52-48-44-40-36-33-29-30-34-38-42-46-50-54-58-69-63(68)57-53-49-45-41-37-31-16-14-12-10-8-6-4-2/h8,10,14,16,51,55,60-61,65-66H,3-7,9,11-13,15,17-50,52-54,56-59H2,1-2H3,(H,64,67)/b10-8-,16-14-,55-51+. The van der Waals surface area contributed by atoms with Crippen molar-refractivity contribution in [3.63, 3.8) is 0 Å². The van der Waals surface area contributed by atoms with Gasteiger partial charge in [0.2, 0.25) is 5.91 Å². The van der Waals surface area contributed by atoms with Crippen molar-refractivity contribution in [2.24, 2.45) is 0 Å². The number of hydrogen-bond donors (Lipinski definition) is 3. The van der Waals surface area contributed by atoms with Crippen LogP contribution >= 0.6 is 0 Å². The Kier molecular flexibility index (Phi) is 57.0. The number of aliphatic hydroxyl groups is 2. The molecule has 0 aliphatic rings. The van der Waals surface area contributed by atoms with E-state index >= 15 is 0 Å². The van der Waals surface area contributed by atoms with E-state index in [1.165, 1.54) is 231 Å². The molecule has 69 heavy (non-hydrogen) atoms. The summed E-state index contributed by atoms with van der Waals surface area (Å²) in [5.41, 5.74) is 0. The van der Waals surface area contributed by atoms with Crippen LogP contribution < -0.4 is 5.32 Å². The second-order valence-electron chi connectivity index (χ2n) is 21.0. The van der Waals surface area contributed by atoms with Crippen LogP contribution in [0.1, 0.15) is 328 Å². The molecule has 0 bridgehead atoms. The zero-order valence-electron chi connectivity index (χ0n) is 46.3. The first-order valence-electron chi connectivity index (χ1n) is 30.8. The maximum Gasteiger partial charge on any atom is 0.305 e. The molecule has 0 aromatic carbocycles. The first-order chi connectivity index (χ1) is 34.0. The van der Waals surface area contributed by atoms with Crippen LogP contribution in [0.3, 0.4) is 0 Å². The summed E-state index contributed by atoms with van der Waals surface area (Å²) in [5.74, 6) is -0.0947. The maximum atomic E-state index is 12.5. The topological polar surface area (TPSA) is 95.9 Å². The van der Waals surface area contributed by atoms with Gasteiger partial charge in [-0.25, -0.2) is 0 Å². The predicted molar refractivity (Wildman–Crippen MR) is 301 cm³/mol. The van der Waals surface area contributed by atoms with Gasteiger partial charge < -0.3 is 20.3 Å². The number of esters is 1. The molecule has 0 aliphatic heterocycles. The molecule has 0 aromatic rings. The van der Waals surface area contributed by atoms with Gasteiger partial charge in [0.25, 0.3) is 0 Å². The van der Waals surface area contributed by atoms with E-state index in [1.807, 2.05) is 6.08 Å². The Bertz CT molecular complexity index is 1120. The van der Waals surface area contributed by atoms with Gasteiger partial charge in [-0.05, 0) is 57.8 Å². The third kappa shape index (κ3) is 55.2. The minimum Gasteiger partial charge on any atom is -0.466 e. The third-order valence-corrected chi connectivity index (χ3v) is 14.1. The highest BCUT2D eigenvalue weighted by atomic mass is 16.5. The summed E-state index contributed by atoms with van der Waals surface area (Å²) in [6.07, 6.45) is 73.2. The smallest absolute Gasteiger partial charge is 0.305 e. The Morgan fingerprint density at radius 2 is 0.754 bits per heavy atom. The number of amides is 1. The molecule has 0 rings (SSSR count). The van der Waals surface area contributed by atoms with Crippen molar-refractivity contribution in [1.29, 1.82) is 0 Å². The summed E-state index contributed by atoms with van der Waals surface area (Å²) in [6.45, 7) is 4.83. The lowest BCUT2D eigenvalue weighted by Gasteiger charge is -2.20. The number of ether oxygens (including phenoxy) is 1. The normalized spacial score (nSPS) is 12.8. The van der Waals surface area contributed by atoms with Gasteiger partial charge >= 0.3 is 5.97 Å². The summed E-state index contributed by atoms with van der Waals surface area (Å²) in [7, 11) is 0. The lowest BCUT2D eigenvalue weighted by molar-refractivity contribution is -0.143. The second-order valence-corrected chi connectivity index (χ2v) is 21.0. The van der Waals surface area contributed by atoms with Crippen LogP contribution in [0.4, 0.5) is 0 Å². The first-order valence-corrected chi connectivity index (χ1v) is 30.8. The molecule has 0 saturated heterocycles. The predicted octanol–water partition coefficient (Wildman–Crippen LogP) is 19.2. The molecular weight excluding hydrogens is 851 g/mol. The fourth-order valence-corrected chi connectivity index (χ4v) is 9.44. The fraction of sp³-hybridized carbons (Fsp3) is 0.873. The summed E-state index contributed by atoms with van der Waals surface area (Å²) in [6, 6.07) is -0.638. The van der Waals surface area contributed by atoms with E-state index in [9.17, 15) is 19.8 Å². The van der Waals surface area contributed by atoms with Crippen LogP contribution in [0.5, 0.6) is 0 Å². The molecule has 406 valence electrons. The van der Waals surface area contributed by atoms with Crippen molar-refractivity contribution >= 4 is 11.9 Å². The summed E-state index contributed by atoms with van der Waals surface area (Å²) in [5, 5.41) is 23.2. The van der Waals surface area contributed by atoms with Crippen LogP contribution in [0.2, 0.25) is 0 Å². The van der Waals surface area contributed by atoms with Gasteiger partial charge in [-0.1, -0.05) is 294 Å². The largest absolute Gasteiger partial charge is 0.466 e. The molecule has 0 aromatic heterocycles. The highest BCUT2D eigenvalue weighted by Crippen LogP contribution is 2.17. The van der Waals surface area contributed by atoms with Gasteiger partial charge in [0.05, 0.1) is 25.4 Å². The zero-order chi connectivity index (χ0) is 50.0. The van der Waals surface area contributed by atoms with Gasteiger partial charge in [0.15, 0.2) is 0 Å². The number of aliphatic hydroxyl groups excluding tert-OH is 2. The van der Waals surface area contributed by atoms with Crippen LogP contribution in [0.15, 0.2) is 36.5 Å². The maximum absolute atomic E-state index is 12.5. The van der Waals surface area contributed by atoms with Crippen molar-refractivity contribution in [2.75, 3.05) is 13.2 Å². The highest BCUT2D eigenvalue weighted by Gasteiger charge is 2.18. The number of rotatable bonds is 57. The molecule has 6 heteroatoms. The summed E-state index contributed by atoms with van der Waals surface area (Å²) in [4.78, 5) is 24.5. The van der Waals surface area contributed by atoms with Crippen molar-refractivity contribution in [2.45, 2.75) is 341 Å². The molecule has 2 atom stereocenters. The SMILES string of the molecule is CCC/C=C\C/C=C\CCCCCCCC(=O)OCCCCCCCCCCCCCCCCC(=O)NC(CO)C(O)/C=C/CCCCCCCCCCCCCCCCCCCCCCCCC. The zero-order valence-corrected chi connectivity index (χ0v) is 46.3. The van der Waals surface area contributed by atoms with Gasteiger partial charge in [-0.2, -0.15) is 0 Å². The van der Waals surface area contributed by atoms with E-state index in [2.05, 4.69) is 43.5 Å². The van der Waals surface area contributed by atoms with E-state index in [4.69, 9.17) is 4.74 Å². The van der Waals surface area contributed by atoms with Crippen molar-refractivity contribution < 1.29 is 24.5 Å². The molecule has 0 heterocycles. The van der Waals surface area contributed by atoms with E-state index < -0.39 is 12.1 Å². The van der Waals surface area contributed by atoms with Crippen molar-refractivity contribution in [3.05, 3.63) is 36.5 Å². The third-order valence-electron chi connectivity index (χ3n) is 14.1. The molecule has 0 aliphatic carbocycles. The Morgan fingerprint density at radius 3 is 1.16 bits per heavy atom. The van der Waals surface area contributed by atoms with Gasteiger partial charge in [0.1, 0.15) is 0 Å². The van der Waals surface area contributed by atoms with Gasteiger partial charge in [-0.3, -0.25) is 9.59 Å². The highest BCUT2D eigenvalue weighted by molar-refractivity contribution is 5.76. The Hall–Kier alpha value is -1.92. The Morgan fingerprint density at radius 1 is 0.406 bits per heavy atom. The number of hydrogen-bond acceptors (Lipinski definition) is 5. The van der Waals surface area contributed by atoms with E-state index in [1.54, 1.807) is 6.08 Å². The van der Waals surface area contributed by atoms with Crippen molar-refractivity contribution in [1.82, 2.24) is 5.32 Å². The van der Waals surface area contributed by atoms with Crippen LogP contribution in [0, 0.1) is 0 Å². The lowest BCUT2D eigenvalue weighted by Crippen LogP contribution is -2.45. The first kappa shape index (κ1) is 67.1. The summed E-state index contributed by atoms with van der Waals surface area (Å²) < 4.78 is 5.46. The number of carbonyl (C=O) groups excluding carboxylic acids is 2. The number of allylic oxidation sites excluding steroid dienone is 5. The molecule has 2 unspecified atom stereocenters. The second kappa shape index (κ2) is 58.6. The number of carbonyl (C=O) groups is 2. The van der Waals surface area contributed by atoms with E-state index in [0.29, 0.717) is 19.4 Å². The minimum atomic E-state index is -0.854. The average Bonchev–Trinajstić information content (AvgIpc) is 3.35. The molecule has 1 amide bonds. The van der Waals surface area contributed by atoms with Crippen LogP contribution in [-0.4, -0.2) is 47.4 Å². The Balaban J connectivity index is 3.48. The molecule has 0 spiro atoms. The number of nitrogens with one attached hydrogen (secondary N) is 1. The van der Waals surface area contributed by atoms with Crippen molar-refractivity contribution in [3.8, 4) is 0 Å². The lowest BCUT2D eigenvalue weighted by atomic mass is 10.0. The van der Waals surface area contributed by atoms with E-state index in [-0.39, 0.29) is 18.5 Å². The average molecular weight is 971 g/mol. The van der Waals surface area contributed by atoms with E-state index in [0.717, 1.165) is 70.6 Å². The molecule has 0 saturated carbocycles. The molecule has 0 radical (unpaired) electrons. The number of unbranched alkanes of at least 4 members (excludes halogenated alkanes) is 42. The van der Waals surface area contributed by atoms with Crippen LogP contribution in [0.25, 0.3) is 0 Å². The summed E-state index contributed by atoms with van der Waals surface area (Å²) >= 11 is 0. The molecule has 0 fully saturated rings.